The number of pyridine rings is 1. The van der Waals surface area contributed by atoms with E-state index in [0.717, 1.165) is 9.54 Å². The second-order valence-electron chi connectivity index (χ2n) is 1.57. The molecule has 48 valence electrons. The Balaban J connectivity index is 3.16. The van der Waals surface area contributed by atoms with Crippen LogP contribution < -0.4 is 0 Å². The highest BCUT2D eigenvalue weighted by atomic mass is 32.2. The van der Waals surface area contributed by atoms with Gasteiger partial charge in [-0.2, -0.15) is 0 Å². The maximum atomic E-state index is 4.97. The second-order valence-corrected chi connectivity index (χ2v) is 2.82. The fraction of sp³-hybridized carbons (Fsp3) is 0.167. The smallest absolute Gasteiger partial charge is 0.116 e. The van der Waals surface area contributed by atoms with Gasteiger partial charge in [0.2, 0.25) is 0 Å². The maximum absolute atomic E-state index is 4.97. The van der Waals surface area contributed by atoms with Crippen LogP contribution in [0.5, 0.6) is 0 Å². The molecule has 0 fully saturated rings. The summed E-state index contributed by atoms with van der Waals surface area (Å²) in [6.07, 6.45) is 3.85. The van der Waals surface area contributed by atoms with E-state index in [4.69, 9.17) is 12.2 Å². The average Bonchev–Trinajstić information content (AvgIpc) is 1.89. The largest absolute Gasteiger partial charge is 0.352 e. The van der Waals surface area contributed by atoms with Gasteiger partial charge in [0.25, 0.3) is 0 Å². The summed E-state index contributed by atoms with van der Waals surface area (Å²) in [5.41, 5.74) is 0. The van der Waals surface area contributed by atoms with Crippen molar-refractivity contribution in [3.8, 4) is 0 Å². The minimum absolute atomic E-state index is 0.824. The zero-order chi connectivity index (χ0) is 6.69. The zero-order valence-corrected chi connectivity index (χ0v) is 6.68. The van der Waals surface area contributed by atoms with Gasteiger partial charge in [-0.05, 0) is 18.4 Å². The number of hydrogen-bond acceptors (Lipinski definition) is 2. The SMILES string of the molecule is CSc1ccc[nH]c1=S. The molecule has 0 aliphatic heterocycles. The number of nitrogens with one attached hydrogen (secondary N) is 1. The Bertz CT molecular complexity index is 241. The molecule has 0 spiro atoms. The lowest BCUT2D eigenvalue weighted by Crippen LogP contribution is -1.74. The van der Waals surface area contributed by atoms with Crippen molar-refractivity contribution in [3.05, 3.63) is 23.0 Å². The molecule has 1 aromatic heterocycles. The molecular weight excluding hydrogens is 150 g/mol. The van der Waals surface area contributed by atoms with E-state index in [-0.39, 0.29) is 0 Å². The fourth-order valence-electron chi connectivity index (χ4n) is 0.567. The topological polar surface area (TPSA) is 15.8 Å². The average molecular weight is 157 g/mol. The van der Waals surface area contributed by atoms with Gasteiger partial charge < -0.3 is 4.98 Å². The van der Waals surface area contributed by atoms with Crippen LogP contribution in [0.3, 0.4) is 0 Å². The molecule has 1 nitrogen and oxygen atoms in total. The summed E-state index contributed by atoms with van der Waals surface area (Å²) in [6, 6.07) is 3.95. The van der Waals surface area contributed by atoms with Crippen molar-refractivity contribution in [2.24, 2.45) is 0 Å². The van der Waals surface area contributed by atoms with E-state index in [2.05, 4.69) is 4.98 Å². The molecule has 0 saturated carbocycles. The number of hydrogen-bond donors (Lipinski definition) is 1. The molecular formula is C6H7NS2. The monoisotopic (exact) mass is 157 g/mol. The molecule has 9 heavy (non-hydrogen) atoms. The third-order valence-electron chi connectivity index (χ3n) is 1.00. The van der Waals surface area contributed by atoms with Gasteiger partial charge in [0.1, 0.15) is 4.64 Å². The van der Waals surface area contributed by atoms with E-state index in [1.54, 1.807) is 11.8 Å². The van der Waals surface area contributed by atoms with E-state index in [0.29, 0.717) is 0 Å². The normalized spacial score (nSPS) is 9.44. The van der Waals surface area contributed by atoms with Crippen LogP contribution in [0.1, 0.15) is 0 Å². The standard InChI is InChI=1S/C6H7NS2/c1-9-5-3-2-4-7-6(5)8/h2-4H,1H3,(H,7,8). The zero-order valence-electron chi connectivity index (χ0n) is 5.05. The number of aromatic nitrogens is 1. The number of aromatic amines is 1. The Labute approximate surface area is 63.5 Å². The van der Waals surface area contributed by atoms with Gasteiger partial charge in [0.05, 0.1) is 0 Å². The van der Waals surface area contributed by atoms with Crippen molar-refractivity contribution in [1.29, 1.82) is 0 Å². The van der Waals surface area contributed by atoms with Crippen LogP contribution in [0.15, 0.2) is 23.2 Å². The van der Waals surface area contributed by atoms with Crippen molar-refractivity contribution in [2.75, 3.05) is 6.26 Å². The van der Waals surface area contributed by atoms with Crippen LogP contribution >= 0.6 is 24.0 Å². The molecule has 0 aliphatic rings. The molecule has 0 bridgehead atoms. The van der Waals surface area contributed by atoms with E-state index in [1.807, 2.05) is 24.6 Å². The lowest BCUT2D eigenvalue weighted by molar-refractivity contribution is 1.21. The molecule has 1 heterocycles. The number of H-pyrrole nitrogens is 1. The van der Waals surface area contributed by atoms with Gasteiger partial charge in [-0.3, -0.25) is 0 Å². The highest BCUT2D eigenvalue weighted by molar-refractivity contribution is 7.98. The van der Waals surface area contributed by atoms with E-state index >= 15 is 0 Å². The minimum atomic E-state index is 0.824. The van der Waals surface area contributed by atoms with E-state index in [9.17, 15) is 0 Å². The Morgan fingerprint density at radius 3 is 2.89 bits per heavy atom. The first-order valence-electron chi connectivity index (χ1n) is 2.56. The Kier molecular flexibility index (Phi) is 2.30. The first-order valence-corrected chi connectivity index (χ1v) is 4.19. The number of thioether (sulfide) groups is 1. The minimum Gasteiger partial charge on any atom is -0.352 e. The van der Waals surface area contributed by atoms with Gasteiger partial charge >= 0.3 is 0 Å². The van der Waals surface area contributed by atoms with Gasteiger partial charge in [-0.1, -0.05) is 12.2 Å². The van der Waals surface area contributed by atoms with Gasteiger partial charge in [-0.15, -0.1) is 11.8 Å². The maximum Gasteiger partial charge on any atom is 0.116 e. The molecule has 0 radical (unpaired) electrons. The molecule has 0 unspecified atom stereocenters. The summed E-state index contributed by atoms with van der Waals surface area (Å²) >= 11 is 6.63. The molecule has 3 heteroatoms. The Morgan fingerprint density at radius 2 is 2.44 bits per heavy atom. The molecule has 0 amide bonds. The van der Waals surface area contributed by atoms with Crippen LogP contribution in [0, 0.1) is 4.64 Å². The third-order valence-corrected chi connectivity index (χ3v) is 2.25. The molecule has 0 aromatic carbocycles. The van der Waals surface area contributed by atoms with Crippen LogP contribution in [0.2, 0.25) is 0 Å². The van der Waals surface area contributed by atoms with Crippen molar-refractivity contribution in [3.63, 3.8) is 0 Å². The Morgan fingerprint density at radius 1 is 1.67 bits per heavy atom. The molecule has 1 N–H and O–H groups in total. The highest BCUT2D eigenvalue weighted by Gasteiger charge is 1.87. The van der Waals surface area contributed by atoms with Gasteiger partial charge in [0.15, 0.2) is 0 Å². The predicted octanol–water partition coefficient (Wildman–Crippen LogP) is 2.47. The number of rotatable bonds is 1. The summed E-state index contributed by atoms with van der Waals surface area (Å²) < 4.78 is 0.824. The molecule has 0 saturated heterocycles. The molecule has 1 rings (SSSR count). The van der Waals surface area contributed by atoms with E-state index < -0.39 is 0 Å². The van der Waals surface area contributed by atoms with Crippen molar-refractivity contribution >= 4 is 24.0 Å². The summed E-state index contributed by atoms with van der Waals surface area (Å²) in [5, 5.41) is 0. The second kappa shape index (κ2) is 3.03. The van der Waals surface area contributed by atoms with Crippen molar-refractivity contribution in [1.82, 2.24) is 4.98 Å². The first kappa shape index (κ1) is 6.83. The van der Waals surface area contributed by atoms with Crippen molar-refractivity contribution < 1.29 is 0 Å². The quantitative estimate of drug-likeness (QED) is 0.498. The van der Waals surface area contributed by atoms with Crippen molar-refractivity contribution in [2.45, 2.75) is 4.90 Å². The van der Waals surface area contributed by atoms with Crippen LogP contribution in [-0.4, -0.2) is 11.2 Å². The fourth-order valence-corrected chi connectivity index (χ4v) is 1.41. The van der Waals surface area contributed by atoms with Gasteiger partial charge in [-0.25, -0.2) is 0 Å². The van der Waals surface area contributed by atoms with Gasteiger partial charge in [0, 0.05) is 11.1 Å². The predicted molar refractivity (Wildman–Crippen MR) is 43.4 cm³/mol. The summed E-state index contributed by atoms with van der Waals surface area (Å²) in [5.74, 6) is 0. The summed E-state index contributed by atoms with van der Waals surface area (Å²) in [6.45, 7) is 0. The lowest BCUT2D eigenvalue weighted by atomic mass is 10.5. The molecule has 0 atom stereocenters. The lowest BCUT2D eigenvalue weighted by Gasteiger charge is -1.91. The van der Waals surface area contributed by atoms with Crippen LogP contribution in [0.25, 0.3) is 0 Å². The first-order chi connectivity index (χ1) is 4.34. The Hall–Kier alpha value is -0.280. The summed E-state index contributed by atoms with van der Waals surface area (Å²) in [7, 11) is 0. The van der Waals surface area contributed by atoms with Crippen LogP contribution in [-0.2, 0) is 0 Å². The van der Waals surface area contributed by atoms with Crippen LogP contribution in [0.4, 0.5) is 0 Å². The summed E-state index contributed by atoms with van der Waals surface area (Å²) in [4.78, 5) is 4.08. The third kappa shape index (κ3) is 1.56. The molecule has 0 aliphatic carbocycles. The molecule has 1 aromatic rings. The highest BCUT2D eigenvalue weighted by Crippen LogP contribution is 2.12. The van der Waals surface area contributed by atoms with E-state index in [1.165, 1.54) is 0 Å².